The van der Waals surface area contributed by atoms with Crippen molar-refractivity contribution in [1.82, 2.24) is 0 Å². The van der Waals surface area contributed by atoms with Gasteiger partial charge in [0.1, 0.15) is 5.75 Å². The average molecular weight is 262 g/mol. The molecule has 1 aliphatic heterocycles. The summed E-state index contributed by atoms with van der Waals surface area (Å²) in [5.41, 5.74) is 2.47. The number of methoxy groups -OCH3 is 1. The first kappa shape index (κ1) is 13.1. The molecule has 0 saturated heterocycles. The van der Waals surface area contributed by atoms with Gasteiger partial charge in [-0.3, -0.25) is 0 Å². The van der Waals surface area contributed by atoms with E-state index in [1.807, 2.05) is 17.8 Å². The van der Waals surface area contributed by atoms with Crippen molar-refractivity contribution in [2.75, 3.05) is 24.8 Å². The van der Waals surface area contributed by atoms with E-state index >= 15 is 0 Å². The second-order valence-corrected chi connectivity index (χ2v) is 5.57. The van der Waals surface area contributed by atoms with E-state index in [9.17, 15) is 0 Å². The fraction of sp³-hybridized carbons (Fsp3) is 0.500. The van der Waals surface area contributed by atoms with Crippen molar-refractivity contribution in [2.45, 2.75) is 30.7 Å². The van der Waals surface area contributed by atoms with Gasteiger partial charge < -0.3 is 9.64 Å². The van der Waals surface area contributed by atoms with Gasteiger partial charge >= 0.3 is 0 Å². The van der Waals surface area contributed by atoms with E-state index in [0.29, 0.717) is 12.5 Å². The van der Waals surface area contributed by atoms with E-state index in [-0.39, 0.29) is 0 Å². The van der Waals surface area contributed by atoms with Crippen LogP contribution >= 0.6 is 11.8 Å². The normalized spacial score (nSPS) is 18.1. The zero-order valence-corrected chi connectivity index (χ0v) is 11.9. The first-order valence-corrected chi connectivity index (χ1v) is 7.07. The summed E-state index contributed by atoms with van der Waals surface area (Å²) in [4.78, 5) is 3.58. The molecule has 1 atom stereocenters. The smallest absolute Gasteiger partial charge is 0.143 e. The van der Waals surface area contributed by atoms with E-state index in [1.165, 1.54) is 16.1 Å². The number of fused-ring (bicyclic) bond motifs is 1. The standard InChI is InChI=1S/C14H18N2OS/c1-10-6-7-12(17-3)13-14(10)18-9-11(16(13)2)5-4-8-15/h6-7,11H,4-5,9H2,1-3H3. The monoisotopic (exact) mass is 262 g/mol. The summed E-state index contributed by atoms with van der Waals surface area (Å²) in [5, 5.41) is 8.72. The number of nitrogens with zero attached hydrogens (tertiary/aromatic N) is 2. The Morgan fingerprint density at radius 1 is 1.56 bits per heavy atom. The van der Waals surface area contributed by atoms with Crippen LogP contribution in [0, 0.1) is 18.3 Å². The second kappa shape index (κ2) is 5.53. The number of hydrogen-bond acceptors (Lipinski definition) is 4. The summed E-state index contributed by atoms with van der Waals surface area (Å²) in [6, 6.07) is 6.78. The number of rotatable bonds is 3. The third-order valence-electron chi connectivity index (χ3n) is 3.42. The Labute approximate surface area is 113 Å². The Bertz CT molecular complexity index is 481. The van der Waals surface area contributed by atoms with Crippen molar-refractivity contribution >= 4 is 17.4 Å². The fourth-order valence-electron chi connectivity index (χ4n) is 2.32. The molecule has 3 nitrogen and oxygen atoms in total. The van der Waals surface area contributed by atoms with Crippen molar-refractivity contribution < 1.29 is 4.74 Å². The van der Waals surface area contributed by atoms with Crippen molar-refractivity contribution in [1.29, 1.82) is 5.26 Å². The predicted octanol–water partition coefficient (Wildman–Crippen LogP) is 3.22. The molecule has 0 spiro atoms. The van der Waals surface area contributed by atoms with Gasteiger partial charge in [-0.15, -0.1) is 11.8 Å². The van der Waals surface area contributed by atoms with Crippen LogP contribution in [0.25, 0.3) is 0 Å². The maximum Gasteiger partial charge on any atom is 0.143 e. The van der Waals surface area contributed by atoms with Crippen LogP contribution in [0.1, 0.15) is 18.4 Å². The van der Waals surface area contributed by atoms with E-state index in [4.69, 9.17) is 10.00 Å². The molecule has 1 aromatic rings. The summed E-state index contributed by atoms with van der Waals surface area (Å²) >= 11 is 1.88. The molecule has 0 amide bonds. The molecule has 0 radical (unpaired) electrons. The zero-order chi connectivity index (χ0) is 13.1. The van der Waals surface area contributed by atoms with Crippen molar-refractivity contribution in [3.8, 4) is 11.8 Å². The first-order chi connectivity index (χ1) is 8.69. The summed E-state index contributed by atoms with van der Waals surface area (Å²) in [7, 11) is 3.81. The summed E-state index contributed by atoms with van der Waals surface area (Å²) < 4.78 is 5.47. The largest absolute Gasteiger partial charge is 0.495 e. The molecular weight excluding hydrogens is 244 g/mol. The lowest BCUT2D eigenvalue weighted by molar-refractivity contribution is 0.411. The van der Waals surface area contributed by atoms with Gasteiger partial charge in [-0.1, -0.05) is 6.07 Å². The third kappa shape index (κ3) is 2.28. The lowest BCUT2D eigenvalue weighted by atomic mass is 10.1. The molecule has 1 aliphatic rings. The molecular formula is C14H18N2OS. The molecule has 0 saturated carbocycles. The highest BCUT2D eigenvalue weighted by molar-refractivity contribution is 7.99. The highest BCUT2D eigenvalue weighted by Gasteiger charge is 2.27. The summed E-state index contributed by atoms with van der Waals surface area (Å²) in [5.74, 6) is 1.96. The van der Waals surface area contributed by atoms with Crippen LogP contribution in [0.5, 0.6) is 5.75 Å². The summed E-state index contributed by atoms with van der Waals surface area (Å²) in [6.45, 7) is 2.13. The molecule has 0 N–H and O–H groups in total. The Kier molecular flexibility index (Phi) is 4.03. The fourth-order valence-corrected chi connectivity index (χ4v) is 3.74. The van der Waals surface area contributed by atoms with Crippen molar-refractivity contribution in [2.24, 2.45) is 0 Å². The van der Waals surface area contributed by atoms with Gasteiger partial charge in [0, 0.05) is 30.2 Å². The Morgan fingerprint density at radius 2 is 2.33 bits per heavy atom. The van der Waals surface area contributed by atoms with Crippen LogP contribution in [-0.2, 0) is 0 Å². The van der Waals surface area contributed by atoms with Gasteiger partial charge in [0.05, 0.1) is 18.9 Å². The van der Waals surface area contributed by atoms with Gasteiger partial charge in [-0.05, 0) is 25.0 Å². The highest BCUT2D eigenvalue weighted by atomic mass is 32.2. The molecule has 1 aromatic carbocycles. The van der Waals surface area contributed by atoms with Gasteiger partial charge in [-0.2, -0.15) is 5.26 Å². The van der Waals surface area contributed by atoms with Gasteiger partial charge in [0.25, 0.3) is 0 Å². The number of ether oxygens (including phenoxy) is 1. The molecule has 2 rings (SSSR count). The lowest BCUT2D eigenvalue weighted by Crippen LogP contribution is -2.37. The van der Waals surface area contributed by atoms with Crippen LogP contribution < -0.4 is 9.64 Å². The minimum Gasteiger partial charge on any atom is -0.495 e. The second-order valence-electron chi connectivity index (χ2n) is 4.53. The Hall–Kier alpha value is -1.34. The van der Waals surface area contributed by atoms with Crippen LogP contribution in [0.4, 0.5) is 5.69 Å². The maximum absolute atomic E-state index is 8.72. The average Bonchev–Trinajstić information content (AvgIpc) is 2.39. The quantitative estimate of drug-likeness (QED) is 0.838. The van der Waals surface area contributed by atoms with Gasteiger partial charge in [0.2, 0.25) is 0 Å². The predicted molar refractivity (Wildman–Crippen MR) is 75.5 cm³/mol. The Balaban J connectivity index is 2.35. The molecule has 0 bridgehead atoms. The molecule has 0 fully saturated rings. The number of thioether (sulfide) groups is 1. The van der Waals surface area contributed by atoms with E-state index in [2.05, 4.69) is 31.0 Å². The number of nitriles is 1. The van der Waals surface area contributed by atoms with E-state index in [0.717, 1.165) is 17.9 Å². The van der Waals surface area contributed by atoms with Crippen LogP contribution in [0.15, 0.2) is 17.0 Å². The molecule has 0 aromatic heterocycles. The molecule has 1 heterocycles. The van der Waals surface area contributed by atoms with Crippen molar-refractivity contribution in [3.63, 3.8) is 0 Å². The van der Waals surface area contributed by atoms with Crippen LogP contribution in [0.3, 0.4) is 0 Å². The molecule has 4 heteroatoms. The minimum atomic E-state index is 0.415. The van der Waals surface area contributed by atoms with E-state index < -0.39 is 0 Å². The Morgan fingerprint density at radius 3 is 3.00 bits per heavy atom. The molecule has 96 valence electrons. The van der Waals surface area contributed by atoms with Crippen molar-refractivity contribution in [3.05, 3.63) is 17.7 Å². The SMILES string of the molecule is COc1ccc(C)c2c1N(C)C(CCC#N)CS2. The van der Waals surface area contributed by atoms with Crippen LogP contribution in [0.2, 0.25) is 0 Å². The number of anilines is 1. The molecule has 0 aliphatic carbocycles. The highest BCUT2D eigenvalue weighted by Crippen LogP contribution is 2.45. The number of hydrogen-bond donors (Lipinski definition) is 0. The first-order valence-electron chi connectivity index (χ1n) is 6.09. The van der Waals surface area contributed by atoms with Gasteiger partial charge in [0.15, 0.2) is 0 Å². The summed E-state index contributed by atoms with van der Waals surface area (Å²) in [6.07, 6.45) is 1.52. The molecule has 18 heavy (non-hydrogen) atoms. The maximum atomic E-state index is 8.72. The van der Waals surface area contributed by atoms with Gasteiger partial charge in [-0.25, -0.2) is 0 Å². The number of aryl methyl sites for hydroxylation is 1. The zero-order valence-electron chi connectivity index (χ0n) is 11.1. The third-order valence-corrected chi connectivity index (χ3v) is 4.78. The van der Waals surface area contributed by atoms with Crippen LogP contribution in [-0.4, -0.2) is 26.0 Å². The van der Waals surface area contributed by atoms with E-state index in [1.54, 1.807) is 7.11 Å². The lowest BCUT2D eigenvalue weighted by Gasteiger charge is -2.37. The minimum absolute atomic E-state index is 0.415. The topological polar surface area (TPSA) is 36.3 Å². The number of benzene rings is 1. The molecule has 1 unspecified atom stereocenters.